The molecular weight excluding hydrogens is 977 g/mol. The van der Waals surface area contributed by atoms with Crippen molar-refractivity contribution in [3.63, 3.8) is 0 Å². The Morgan fingerprint density at radius 2 is 0.506 bits per heavy atom. The first-order valence-electron chi connectivity index (χ1n) is 28.6. The minimum atomic E-state index is -0.575. The number of anilines is 6. The first-order valence-corrected chi connectivity index (χ1v) is 28.6. The summed E-state index contributed by atoms with van der Waals surface area (Å²) in [7, 11) is 0. The molecule has 13 aromatic rings. The fraction of sp³-hybridized carbons (Fsp3) is 0.0886. The predicted octanol–water partition coefficient (Wildman–Crippen LogP) is 21.0. The highest BCUT2D eigenvalue weighted by Gasteiger charge is 2.52. The highest BCUT2D eigenvalue weighted by atomic mass is 15.1. The summed E-state index contributed by atoms with van der Waals surface area (Å²) in [6.07, 6.45) is 0. The summed E-state index contributed by atoms with van der Waals surface area (Å²) in [6.45, 7) is 9.58. The van der Waals surface area contributed by atoms with Crippen LogP contribution in [0.5, 0.6) is 0 Å². The van der Waals surface area contributed by atoms with Crippen molar-refractivity contribution >= 4 is 66.4 Å². The van der Waals surface area contributed by atoms with Crippen molar-refractivity contribution in [2.75, 3.05) is 9.80 Å². The van der Waals surface area contributed by atoms with Crippen LogP contribution in [0.2, 0.25) is 0 Å². The molecule has 2 heteroatoms. The van der Waals surface area contributed by atoms with Gasteiger partial charge in [-0.25, -0.2) is 0 Å². The Morgan fingerprint density at radius 3 is 0.988 bits per heavy atom. The van der Waals surface area contributed by atoms with Gasteiger partial charge in [-0.05, 0) is 231 Å². The van der Waals surface area contributed by atoms with Gasteiger partial charge in [0.25, 0.3) is 0 Å². The number of rotatable bonds is 6. The van der Waals surface area contributed by atoms with Gasteiger partial charge < -0.3 is 9.80 Å². The van der Waals surface area contributed by atoms with E-state index >= 15 is 0 Å². The van der Waals surface area contributed by atoms with Gasteiger partial charge in [0.2, 0.25) is 0 Å². The molecule has 0 atom stereocenters. The maximum Gasteiger partial charge on any atom is 0.0726 e. The molecule has 0 heterocycles. The Kier molecular flexibility index (Phi) is 9.49. The van der Waals surface area contributed by atoms with Crippen LogP contribution in [0.3, 0.4) is 0 Å². The summed E-state index contributed by atoms with van der Waals surface area (Å²) in [5.74, 6) is 0. The van der Waals surface area contributed by atoms with E-state index in [2.05, 4.69) is 304 Å². The molecule has 0 saturated carbocycles. The van der Waals surface area contributed by atoms with Crippen LogP contribution in [0.15, 0.2) is 267 Å². The lowest BCUT2D eigenvalue weighted by Gasteiger charge is -2.32. The number of benzene rings is 13. The summed E-state index contributed by atoms with van der Waals surface area (Å²) in [6, 6.07) is 101. The van der Waals surface area contributed by atoms with E-state index in [-0.39, 0.29) is 10.8 Å². The standard InChI is InChI=1S/C79H56N2/c1-77(2)71-43-51-21-13-11-19-49(51)40-66(71)63-36-33-58(46-73(63)77)80(55-23-7-5-8-24-55)57-32-31-53-42-68-65-38-35-60(48-76(65)79(75(68)45-54(53)39-57)69-29-17-15-27-61(69)62-28-16-18-30-70(62)79)81(56-25-9-6-10-26-56)59-34-37-64-67-41-50-20-12-14-22-52(50)44-72(67)78(3,4)74(64)47-59/h5-48H,1-4H3. The second-order valence-corrected chi connectivity index (χ2v) is 24.0. The predicted molar refractivity (Wildman–Crippen MR) is 340 cm³/mol. The fourth-order valence-corrected chi connectivity index (χ4v) is 15.3. The molecular formula is C79H56N2. The minimum absolute atomic E-state index is 0.174. The fourth-order valence-electron chi connectivity index (χ4n) is 15.3. The van der Waals surface area contributed by atoms with Gasteiger partial charge in [0.15, 0.2) is 0 Å². The van der Waals surface area contributed by atoms with Crippen molar-refractivity contribution in [3.05, 3.63) is 311 Å². The van der Waals surface area contributed by atoms with E-state index in [1.54, 1.807) is 0 Å². The van der Waals surface area contributed by atoms with Crippen molar-refractivity contribution in [2.24, 2.45) is 0 Å². The topological polar surface area (TPSA) is 6.48 Å². The zero-order valence-corrected chi connectivity index (χ0v) is 45.8. The summed E-state index contributed by atoms with van der Waals surface area (Å²) in [5, 5.41) is 7.56. The van der Waals surface area contributed by atoms with Gasteiger partial charge in [0.05, 0.1) is 5.41 Å². The second kappa shape index (κ2) is 16.6. The average molecular weight is 1030 g/mol. The molecule has 0 bridgehead atoms. The molecule has 0 fully saturated rings. The van der Waals surface area contributed by atoms with Crippen LogP contribution in [-0.4, -0.2) is 0 Å². The monoisotopic (exact) mass is 1030 g/mol. The van der Waals surface area contributed by atoms with Crippen LogP contribution in [0, 0.1) is 0 Å². The highest BCUT2D eigenvalue weighted by Crippen LogP contribution is 2.64. The van der Waals surface area contributed by atoms with Crippen LogP contribution in [0.4, 0.5) is 34.1 Å². The van der Waals surface area contributed by atoms with Crippen molar-refractivity contribution in [2.45, 2.75) is 43.9 Å². The lowest BCUT2D eigenvalue weighted by molar-refractivity contribution is 0.661. The molecule has 0 aliphatic heterocycles. The van der Waals surface area contributed by atoms with Gasteiger partial charge in [0.1, 0.15) is 0 Å². The second-order valence-electron chi connectivity index (χ2n) is 24.0. The number of fused-ring (bicyclic) bond motifs is 19. The Balaban J connectivity index is 0.842. The normalized spacial score (nSPS) is 14.7. The van der Waals surface area contributed by atoms with Crippen LogP contribution >= 0.6 is 0 Å². The van der Waals surface area contributed by atoms with E-state index in [0.717, 1.165) is 34.1 Å². The van der Waals surface area contributed by atoms with Crippen molar-refractivity contribution < 1.29 is 0 Å². The maximum atomic E-state index is 2.54. The maximum absolute atomic E-state index is 2.54. The van der Waals surface area contributed by atoms with E-state index in [1.807, 2.05) is 0 Å². The summed E-state index contributed by atoms with van der Waals surface area (Å²) < 4.78 is 0. The third-order valence-electron chi connectivity index (χ3n) is 19.1. The van der Waals surface area contributed by atoms with Crippen molar-refractivity contribution in [3.8, 4) is 44.5 Å². The largest absolute Gasteiger partial charge is 0.310 e. The molecule has 0 radical (unpaired) electrons. The molecule has 4 aliphatic carbocycles. The summed E-state index contributed by atoms with van der Waals surface area (Å²) in [4.78, 5) is 4.94. The average Bonchev–Trinajstić information content (AvgIpc) is 3.15. The molecule has 1 spiro atoms. The highest BCUT2D eigenvalue weighted by molar-refractivity contribution is 6.03. The quantitative estimate of drug-likeness (QED) is 0.164. The van der Waals surface area contributed by atoms with Crippen LogP contribution in [0.25, 0.3) is 76.8 Å². The van der Waals surface area contributed by atoms with Gasteiger partial charge >= 0.3 is 0 Å². The Bertz CT molecular complexity index is 4780. The lowest BCUT2D eigenvalue weighted by Crippen LogP contribution is -2.26. The third kappa shape index (κ3) is 6.39. The smallest absolute Gasteiger partial charge is 0.0726 e. The SMILES string of the molecule is CC1(C)c2cc(N(c3ccccc3)c3ccc4c(c3)C3(c5ccccc5-c5ccccc53)c3cc5cc(N(c6ccccc6)c6ccc7c(c6)C(C)(C)c6cc8ccccc8cc6-7)ccc5cc3-4)ccc2-c2cc3ccccc3cc21. The minimum Gasteiger partial charge on any atom is -0.310 e. The van der Waals surface area contributed by atoms with E-state index in [0.29, 0.717) is 0 Å². The van der Waals surface area contributed by atoms with E-state index in [9.17, 15) is 0 Å². The summed E-state index contributed by atoms with van der Waals surface area (Å²) >= 11 is 0. The number of hydrogen-bond donors (Lipinski definition) is 0. The van der Waals surface area contributed by atoms with E-state index < -0.39 is 5.41 Å². The van der Waals surface area contributed by atoms with Crippen molar-refractivity contribution in [1.29, 1.82) is 0 Å². The van der Waals surface area contributed by atoms with Crippen LogP contribution < -0.4 is 9.80 Å². The number of para-hydroxylation sites is 2. The molecule has 0 unspecified atom stereocenters. The molecule has 2 nitrogen and oxygen atoms in total. The van der Waals surface area contributed by atoms with E-state index in [1.165, 1.54) is 121 Å². The molecule has 0 saturated heterocycles. The van der Waals surface area contributed by atoms with Crippen molar-refractivity contribution in [1.82, 2.24) is 0 Å². The van der Waals surface area contributed by atoms with Crippen LogP contribution in [-0.2, 0) is 16.2 Å². The third-order valence-corrected chi connectivity index (χ3v) is 19.1. The van der Waals surface area contributed by atoms with Gasteiger partial charge in [-0.3, -0.25) is 0 Å². The number of nitrogens with zero attached hydrogens (tertiary/aromatic N) is 2. The Morgan fingerprint density at radius 1 is 0.198 bits per heavy atom. The van der Waals surface area contributed by atoms with Gasteiger partial charge in [0, 0.05) is 45.0 Å². The summed E-state index contributed by atoms with van der Waals surface area (Å²) in [5.41, 5.74) is 27.1. The number of hydrogen-bond acceptors (Lipinski definition) is 2. The Hall–Kier alpha value is -9.76. The molecule has 0 aromatic heterocycles. The molecule has 0 amide bonds. The van der Waals surface area contributed by atoms with Gasteiger partial charge in [-0.15, -0.1) is 0 Å². The first kappa shape index (κ1) is 46.2. The van der Waals surface area contributed by atoms with E-state index in [4.69, 9.17) is 0 Å². The first-order chi connectivity index (χ1) is 39.6. The molecule has 13 aromatic carbocycles. The van der Waals surface area contributed by atoms with Gasteiger partial charge in [-0.1, -0.05) is 185 Å². The zero-order chi connectivity index (χ0) is 53.9. The van der Waals surface area contributed by atoms with Crippen LogP contribution in [0.1, 0.15) is 72.2 Å². The van der Waals surface area contributed by atoms with Gasteiger partial charge in [-0.2, -0.15) is 0 Å². The molecule has 17 rings (SSSR count). The lowest BCUT2D eigenvalue weighted by atomic mass is 9.70. The molecule has 0 N–H and O–H groups in total. The molecule has 4 aliphatic rings. The Labute approximate surface area is 473 Å². The molecule has 81 heavy (non-hydrogen) atoms. The zero-order valence-electron chi connectivity index (χ0n) is 45.8. The molecule has 382 valence electrons.